The molecule has 94 valence electrons. The van der Waals surface area contributed by atoms with Crippen molar-refractivity contribution >= 4 is 23.5 Å². The van der Waals surface area contributed by atoms with Gasteiger partial charge in [0.25, 0.3) is 5.91 Å². The van der Waals surface area contributed by atoms with E-state index in [4.69, 9.17) is 23.1 Å². The molecule has 1 amide bonds. The Kier molecular flexibility index (Phi) is 4.69. The van der Waals surface area contributed by atoms with Crippen LogP contribution < -0.4 is 0 Å². The van der Waals surface area contributed by atoms with E-state index in [2.05, 4.69) is 10.9 Å². The van der Waals surface area contributed by atoms with Crippen molar-refractivity contribution in [2.45, 2.75) is 6.92 Å². The molecule has 0 bridgehead atoms. The first-order chi connectivity index (χ1) is 8.43. The number of halogens is 1. The molecule has 0 saturated carbocycles. The Hall–Kier alpha value is -2.06. The van der Waals surface area contributed by atoms with Gasteiger partial charge in [-0.1, -0.05) is 17.5 Å². The molecule has 0 spiro atoms. The van der Waals surface area contributed by atoms with E-state index in [0.717, 1.165) is 4.90 Å². The number of carbonyl (C=O) groups excluding carboxylic acids is 1. The zero-order valence-electron chi connectivity index (χ0n) is 9.68. The van der Waals surface area contributed by atoms with Gasteiger partial charge in [0, 0.05) is 11.3 Å². The first-order valence-electron chi connectivity index (χ1n) is 5.02. The van der Waals surface area contributed by atoms with Crippen LogP contribution in [0, 0.1) is 19.3 Å². The summed E-state index contributed by atoms with van der Waals surface area (Å²) >= 11 is 5.74. The maximum absolute atomic E-state index is 12.1. The number of aromatic nitrogens is 1. The summed E-state index contributed by atoms with van der Waals surface area (Å²) in [7, 11) is 0. The second-order valence-corrected chi connectivity index (χ2v) is 3.97. The van der Waals surface area contributed by atoms with E-state index in [1.807, 2.05) is 0 Å². The molecule has 1 rings (SSSR count). The van der Waals surface area contributed by atoms with Crippen LogP contribution >= 0.6 is 11.6 Å². The Morgan fingerprint density at radius 3 is 2.72 bits per heavy atom. The van der Waals surface area contributed by atoms with Gasteiger partial charge in [-0.25, -0.2) is 4.98 Å². The summed E-state index contributed by atoms with van der Waals surface area (Å²) in [5.41, 5.74) is 0.839. The van der Waals surface area contributed by atoms with Gasteiger partial charge in [0.05, 0.1) is 6.54 Å². The topological polar surface area (TPSA) is 70.5 Å². The van der Waals surface area contributed by atoms with Gasteiger partial charge in [-0.2, -0.15) is 0 Å². The smallest absolute Gasteiger partial charge is 0.323 e. The highest BCUT2D eigenvalue weighted by atomic mass is 35.5. The molecule has 1 aromatic heterocycles. The lowest BCUT2D eigenvalue weighted by molar-refractivity contribution is -0.137. The van der Waals surface area contributed by atoms with Crippen LogP contribution in [0.4, 0.5) is 0 Å². The van der Waals surface area contributed by atoms with Crippen molar-refractivity contribution in [3.05, 3.63) is 28.5 Å². The van der Waals surface area contributed by atoms with Crippen molar-refractivity contribution in [1.82, 2.24) is 9.88 Å². The lowest BCUT2D eigenvalue weighted by Gasteiger charge is -2.18. The third kappa shape index (κ3) is 3.75. The fraction of sp³-hybridized carbons (Fsp3) is 0.250. The highest BCUT2D eigenvalue weighted by Gasteiger charge is 2.18. The molecule has 0 aliphatic rings. The van der Waals surface area contributed by atoms with Gasteiger partial charge in [-0.3, -0.25) is 9.59 Å². The molecule has 0 unspecified atom stereocenters. The molecule has 0 aliphatic carbocycles. The number of hydrogen-bond donors (Lipinski definition) is 1. The molecule has 0 radical (unpaired) electrons. The summed E-state index contributed by atoms with van der Waals surface area (Å²) < 4.78 is 0. The number of carboxylic acid groups (broad SMARTS) is 1. The Morgan fingerprint density at radius 1 is 1.56 bits per heavy atom. The number of nitrogens with zero attached hydrogens (tertiary/aromatic N) is 2. The van der Waals surface area contributed by atoms with Crippen molar-refractivity contribution in [1.29, 1.82) is 0 Å². The molecule has 0 fully saturated rings. The molecule has 1 aromatic rings. The van der Waals surface area contributed by atoms with Crippen LogP contribution in [0.3, 0.4) is 0 Å². The highest BCUT2D eigenvalue weighted by Crippen LogP contribution is 2.12. The number of terminal acetylenes is 1. The zero-order valence-corrected chi connectivity index (χ0v) is 10.4. The Bertz CT molecular complexity index is 502. The van der Waals surface area contributed by atoms with Crippen LogP contribution in [0.15, 0.2) is 12.1 Å². The number of carbonyl (C=O) groups is 2. The third-order valence-corrected chi connectivity index (χ3v) is 2.26. The monoisotopic (exact) mass is 266 g/mol. The number of amides is 1. The summed E-state index contributed by atoms with van der Waals surface area (Å²) in [6, 6.07) is 2.90. The number of carboxylic acids is 1. The van der Waals surface area contributed by atoms with E-state index in [-0.39, 0.29) is 17.3 Å². The van der Waals surface area contributed by atoms with Crippen molar-refractivity contribution in [2.24, 2.45) is 0 Å². The number of aryl methyl sites for hydroxylation is 1. The Morgan fingerprint density at radius 2 is 2.22 bits per heavy atom. The molecule has 1 N–H and O–H groups in total. The predicted molar refractivity (Wildman–Crippen MR) is 66.4 cm³/mol. The van der Waals surface area contributed by atoms with Gasteiger partial charge in [0.1, 0.15) is 11.7 Å². The first kappa shape index (κ1) is 14.0. The molecule has 5 nitrogen and oxygen atoms in total. The van der Waals surface area contributed by atoms with E-state index >= 15 is 0 Å². The van der Waals surface area contributed by atoms with Gasteiger partial charge >= 0.3 is 5.97 Å². The Balaban J connectivity index is 3.01. The number of aliphatic carboxylic acids is 1. The molecule has 1 heterocycles. The fourth-order valence-electron chi connectivity index (χ4n) is 1.41. The van der Waals surface area contributed by atoms with Gasteiger partial charge in [0.15, 0.2) is 0 Å². The molecule has 0 aliphatic heterocycles. The fourth-order valence-corrected chi connectivity index (χ4v) is 1.66. The first-order valence-corrected chi connectivity index (χ1v) is 5.40. The van der Waals surface area contributed by atoms with Crippen LogP contribution in [0.1, 0.15) is 16.1 Å². The minimum absolute atomic E-state index is 0.0792. The lowest BCUT2D eigenvalue weighted by atomic mass is 10.2. The second-order valence-electron chi connectivity index (χ2n) is 3.58. The summed E-state index contributed by atoms with van der Waals surface area (Å²) in [6.45, 7) is 1.15. The lowest BCUT2D eigenvalue weighted by Crippen LogP contribution is -2.36. The number of hydrogen-bond acceptors (Lipinski definition) is 3. The van der Waals surface area contributed by atoms with Crippen LogP contribution in [0.25, 0.3) is 0 Å². The molecular weight excluding hydrogens is 256 g/mol. The SMILES string of the molecule is C#CCN(CC(=O)O)C(=O)c1cc(C)nc(Cl)c1. The highest BCUT2D eigenvalue weighted by molar-refractivity contribution is 6.29. The van der Waals surface area contributed by atoms with E-state index in [0.29, 0.717) is 5.69 Å². The summed E-state index contributed by atoms with van der Waals surface area (Å²) in [5.74, 6) is 0.633. The average molecular weight is 267 g/mol. The number of pyridine rings is 1. The van der Waals surface area contributed by atoms with E-state index in [1.54, 1.807) is 6.92 Å². The molecule has 6 heteroatoms. The van der Waals surface area contributed by atoms with Gasteiger partial charge in [-0.05, 0) is 19.1 Å². The quantitative estimate of drug-likeness (QED) is 0.657. The van der Waals surface area contributed by atoms with Crippen molar-refractivity contribution < 1.29 is 14.7 Å². The maximum atomic E-state index is 12.1. The van der Waals surface area contributed by atoms with Crippen LogP contribution in [-0.2, 0) is 4.79 Å². The van der Waals surface area contributed by atoms with Crippen molar-refractivity contribution in [3.8, 4) is 12.3 Å². The summed E-state index contributed by atoms with van der Waals surface area (Å²) in [4.78, 5) is 27.7. The van der Waals surface area contributed by atoms with Crippen LogP contribution in [-0.4, -0.2) is 40.0 Å². The van der Waals surface area contributed by atoms with Gasteiger partial charge in [0.2, 0.25) is 0 Å². The minimum Gasteiger partial charge on any atom is -0.480 e. The standard InChI is InChI=1S/C12H11ClN2O3/c1-3-4-15(7-11(16)17)12(18)9-5-8(2)14-10(13)6-9/h1,5-6H,4,7H2,2H3,(H,16,17). The van der Waals surface area contributed by atoms with E-state index < -0.39 is 18.4 Å². The molecule has 0 atom stereocenters. The summed E-state index contributed by atoms with van der Waals surface area (Å²) in [6.07, 6.45) is 5.11. The van der Waals surface area contributed by atoms with Gasteiger partial charge < -0.3 is 10.0 Å². The van der Waals surface area contributed by atoms with Crippen LogP contribution in [0.5, 0.6) is 0 Å². The summed E-state index contributed by atoms with van der Waals surface area (Å²) in [5, 5.41) is 8.89. The van der Waals surface area contributed by atoms with E-state index in [9.17, 15) is 9.59 Å². The van der Waals surface area contributed by atoms with Crippen LogP contribution in [0.2, 0.25) is 5.15 Å². The maximum Gasteiger partial charge on any atom is 0.323 e. The average Bonchev–Trinajstić information content (AvgIpc) is 2.25. The largest absolute Gasteiger partial charge is 0.480 e. The van der Waals surface area contributed by atoms with E-state index in [1.165, 1.54) is 12.1 Å². The van der Waals surface area contributed by atoms with Gasteiger partial charge in [-0.15, -0.1) is 6.42 Å². The molecular formula is C12H11ClN2O3. The Labute approximate surface area is 109 Å². The third-order valence-electron chi connectivity index (χ3n) is 2.06. The number of rotatable bonds is 4. The second kappa shape index (κ2) is 6.03. The predicted octanol–water partition coefficient (Wildman–Crippen LogP) is 1.20. The normalized spacial score (nSPS) is 9.61. The molecule has 0 aromatic carbocycles. The molecule has 0 saturated heterocycles. The van der Waals surface area contributed by atoms with Crippen molar-refractivity contribution in [3.63, 3.8) is 0 Å². The molecule has 18 heavy (non-hydrogen) atoms. The van der Waals surface area contributed by atoms with Crippen molar-refractivity contribution in [2.75, 3.05) is 13.1 Å². The zero-order chi connectivity index (χ0) is 13.7. The minimum atomic E-state index is -1.13.